The molecule has 1 saturated heterocycles. The quantitative estimate of drug-likeness (QED) is 0.302. The molecule has 0 saturated carbocycles. The summed E-state index contributed by atoms with van der Waals surface area (Å²) in [5.74, 6) is 0.171. The summed E-state index contributed by atoms with van der Waals surface area (Å²) in [4.78, 5) is 28.2. The lowest BCUT2D eigenvalue weighted by molar-refractivity contribution is -0.126. The first-order chi connectivity index (χ1) is 19.6. The Labute approximate surface area is 233 Å². The molecule has 0 unspecified atom stereocenters. The fourth-order valence-electron chi connectivity index (χ4n) is 5.21. The summed E-state index contributed by atoms with van der Waals surface area (Å²) in [6.45, 7) is 3.57. The number of ether oxygens (including phenoxy) is 2. The van der Waals surface area contributed by atoms with Crippen LogP contribution in [0.2, 0.25) is 0 Å². The van der Waals surface area contributed by atoms with Gasteiger partial charge in [0.1, 0.15) is 5.75 Å². The Hall–Kier alpha value is -4.50. The summed E-state index contributed by atoms with van der Waals surface area (Å²) >= 11 is 0. The molecular weight excluding hydrogens is 506 g/mol. The minimum atomic E-state index is -0.547. The Kier molecular flexibility index (Phi) is 8.51. The van der Waals surface area contributed by atoms with Crippen LogP contribution in [0.25, 0.3) is 0 Å². The molecule has 9 nitrogen and oxygen atoms in total. The van der Waals surface area contributed by atoms with Crippen molar-refractivity contribution in [2.45, 2.75) is 38.0 Å². The third kappa shape index (κ3) is 6.05. The molecule has 4 aromatic rings. The van der Waals surface area contributed by atoms with Crippen molar-refractivity contribution in [1.82, 2.24) is 25.2 Å². The standard InChI is InChI=1S/C31H33N5O4/c1-3-40-28-17-11-10-16-24(28)19-35-20-25(36-21-26(33-34-36)31(38)39-2)18-27(35)30(37)32-29(22-12-6-4-7-13-22)23-14-8-5-9-15-23/h4-17,21,25,27,29H,3,18-20H2,1-2H3,(H,32,37)/t25-,27+/m1/s1. The molecule has 1 amide bonds. The topological polar surface area (TPSA) is 98.6 Å². The van der Waals surface area contributed by atoms with Crippen molar-refractivity contribution in [2.24, 2.45) is 0 Å². The SMILES string of the molecule is CCOc1ccccc1CN1C[C@H](n2cc(C(=O)OC)nn2)C[C@H]1C(=O)NC(c1ccccc1)c1ccccc1. The molecular formula is C31H33N5O4. The molecule has 1 N–H and O–H groups in total. The lowest BCUT2D eigenvalue weighted by Crippen LogP contribution is -2.44. The van der Waals surface area contributed by atoms with E-state index in [1.807, 2.05) is 91.9 Å². The summed E-state index contributed by atoms with van der Waals surface area (Å²) in [6.07, 6.45) is 2.09. The van der Waals surface area contributed by atoms with Crippen LogP contribution in [0.1, 0.15) is 52.6 Å². The first-order valence-corrected chi connectivity index (χ1v) is 13.4. The van der Waals surface area contributed by atoms with E-state index in [-0.39, 0.29) is 23.7 Å². The maximum atomic E-state index is 14.0. The van der Waals surface area contributed by atoms with Gasteiger partial charge in [-0.15, -0.1) is 5.10 Å². The Bertz CT molecular complexity index is 1390. The number of hydrogen-bond acceptors (Lipinski definition) is 7. The van der Waals surface area contributed by atoms with Gasteiger partial charge in [0, 0.05) is 18.7 Å². The van der Waals surface area contributed by atoms with Crippen molar-refractivity contribution < 1.29 is 19.1 Å². The second-order valence-corrected chi connectivity index (χ2v) is 9.71. The number of likely N-dealkylation sites (tertiary alicyclic amines) is 1. The molecule has 1 aliphatic rings. The van der Waals surface area contributed by atoms with Crippen LogP contribution < -0.4 is 10.1 Å². The molecule has 2 atom stereocenters. The van der Waals surface area contributed by atoms with Crippen molar-refractivity contribution in [3.05, 3.63) is 114 Å². The van der Waals surface area contributed by atoms with Gasteiger partial charge >= 0.3 is 5.97 Å². The summed E-state index contributed by atoms with van der Waals surface area (Å²) < 4.78 is 12.3. The normalized spacial score (nSPS) is 17.1. The maximum Gasteiger partial charge on any atom is 0.360 e. The highest BCUT2D eigenvalue weighted by Gasteiger charge is 2.39. The molecule has 9 heteroatoms. The number of nitrogens with one attached hydrogen (secondary N) is 1. The van der Waals surface area contributed by atoms with E-state index < -0.39 is 12.0 Å². The molecule has 1 fully saturated rings. The van der Waals surface area contributed by atoms with Gasteiger partial charge in [-0.2, -0.15) is 0 Å². The number of para-hydroxylation sites is 1. The Morgan fingerprint density at radius 3 is 2.27 bits per heavy atom. The van der Waals surface area contributed by atoms with Crippen LogP contribution >= 0.6 is 0 Å². The molecule has 206 valence electrons. The highest BCUT2D eigenvalue weighted by atomic mass is 16.5. The van der Waals surface area contributed by atoms with Gasteiger partial charge in [-0.1, -0.05) is 84.1 Å². The second kappa shape index (κ2) is 12.6. The van der Waals surface area contributed by atoms with Crippen molar-refractivity contribution in [1.29, 1.82) is 0 Å². The molecule has 1 aromatic heterocycles. The number of nitrogens with zero attached hydrogens (tertiary/aromatic N) is 4. The fourth-order valence-corrected chi connectivity index (χ4v) is 5.21. The van der Waals surface area contributed by atoms with Gasteiger partial charge in [0.25, 0.3) is 0 Å². The average molecular weight is 540 g/mol. The number of hydrogen-bond donors (Lipinski definition) is 1. The number of esters is 1. The van der Waals surface area contributed by atoms with Gasteiger partial charge in [-0.3, -0.25) is 9.69 Å². The fraction of sp³-hybridized carbons (Fsp3) is 0.290. The number of methoxy groups -OCH3 is 1. The predicted molar refractivity (Wildman–Crippen MR) is 150 cm³/mol. The first kappa shape index (κ1) is 27.1. The van der Waals surface area contributed by atoms with Crippen molar-refractivity contribution in [2.75, 3.05) is 20.3 Å². The Morgan fingerprint density at radius 2 is 1.62 bits per heavy atom. The van der Waals surface area contributed by atoms with Crippen LogP contribution in [0.4, 0.5) is 0 Å². The minimum absolute atomic E-state index is 0.0811. The van der Waals surface area contributed by atoms with Crippen LogP contribution in [0.3, 0.4) is 0 Å². The summed E-state index contributed by atoms with van der Waals surface area (Å²) in [5, 5.41) is 11.5. The number of carbonyl (C=O) groups excluding carboxylic acids is 2. The van der Waals surface area contributed by atoms with Gasteiger partial charge in [-0.25, -0.2) is 9.48 Å². The lowest BCUT2D eigenvalue weighted by Gasteiger charge is -2.27. The van der Waals surface area contributed by atoms with Gasteiger partial charge in [0.05, 0.1) is 38.0 Å². The Morgan fingerprint density at radius 1 is 0.975 bits per heavy atom. The third-order valence-corrected chi connectivity index (χ3v) is 7.16. The van der Waals surface area contributed by atoms with Crippen molar-refractivity contribution in [3.63, 3.8) is 0 Å². The number of rotatable bonds is 10. The van der Waals surface area contributed by atoms with E-state index in [9.17, 15) is 9.59 Å². The molecule has 1 aliphatic heterocycles. The molecule has 40 heavy (non-hydrogen) atoms. The number of carbonyl (C=O) groups is 2. The van der Waals surface area contributed by atoms with Crippen LogP contribution in [-0.4, -0.2) is 58.1 Å². The summed E-state index contributed by atoms with van der Waals surface area (Å²) in [7, 11) is 1.31. The molecule has 0 radical (unpaired) electrons. The van der Waals surface area contributed by atoms with E-state index in [2.05, 4.69) is 20.5 Å². The van der Waals surface area contributed by atoms with Gasteiger partial charge in [-0.05, 0) is 30.5 Å². The van der Waals surface area contributed by atoms with Gasteiger partial charge in [0.15, 0.2) is 5.69 Å². The van der Waals surface area contributed by atoms with E-state index >= 15 is 0 Å². The minimum Gasteiger partial charge on any atom is -0.494 e. The highest BCUT2D eigenvalue weighted by molar-refractivity contribution is 5.86. The van der Waals surface area contributed by atoms with Crippen LogP contribution in [0.15, 0.2) is 91.1 Å². The monoisotopic (exact) mass is 539 g/mol. The zero-order valence-corrected chi connectivity index (χ0v) is 22.6. The second-order valence-electron chi connectivity index (χ2n) is 9.71. The summed E-state index contributed by atoms with van der Waals surface area (Å²) in [6, 6.07) is 26.9. The van der Waals surface area contributed by atoms with E-state index in [1.165, 1.54) is 7.11 Å². The van der Waals surface area contributed by atoms with Gasteiger partial charge in [0.2, 0.25) is 5.91 Å². The molecule has 3 aromatic carbocycles. The third-order valence-electron chi connectivity index (χ3n) is 7.16. The van der Waals surface area contributed by atoms with Crippen LogP contribution in [0.5, 0.6) is 5.75 Å². The average Bonchev–Trinajstić information content (AvgIpc) is 3.65. The van der Waals surface area contributed by atoms with E-state index in [0.29, 0.717) is 26.1 Å². The van der Waals surface area contributed by atoms with Crippen LogP contribution in [-0.2, 0) is 16.1 Å². The predicted octanol–water partition coefficient (Wildman–Crippen LogP) is 4.18. The molecule has 0 bridgehead atoms. The van der Waals surface area contributed by atoms with Crippen molar-refractivity contribution >= 4 is 11.9 Å². The lowest BCUT2D eigenvalue weighted by atomic mass is 9.98. The summed E-state index contributed by atoms with van der Waals surface area (Å²) in [5.41, 5.74) is 3.14. The zero-order chi connectivity index (χ0) is 27.9. The number of amides is 1. The molecule has 5 rings (SSSR count). The highest BCUT2D eigenvalue weighted by Crippen LogP contribution is 2.32. The van der Waals surface area contributed by atoms with Crippen molar-refractivity contribution in [3.8, 4) is 5.75 Å². The number of benzene rings is 3. The zero-order valence-electron chi connectivity index (χ0n) is 22.6. The largest absolute Gasteiger partial charge is 0.494 e. The van der Waals surface area contributed by atoms with E-state index in [1.54, 1.807) is 10.9 Å². The van der Waals surface area contributed by atoms with E-state index in [4.69, 9.17) is 9.47 Å². The smallest absolute Gasteiger partial charge is 0.360 e. The van der Waals surface area contributed by atoms with Gasteiger partial charge < -0.3 is 14.8 Å². The molecule has 0 aliphatic carbocycles. The Balaban J connectivity index is 1.44. The molecule has 2 heterocycles. The van der Waals surface area contributed by atoms with E-state index in [0.717, 1.165) is 22.4 Å². The number of aromatic nitrogens is 3. The first-order valence-electron chi connectivity index (χ1n) is 13.4. The molecule has 0 spiro atoms. The maximum absolute atomic E-state index is 14.0. The van der Waals surface area contributed by atoms with Crippen LogP contribution in [0, 0.1) is 0 Å².